The maximum atomic E-state index is 5.46. The van der Waals surface area contributed by atoms with Gasteiger partial charge in [0.05, 0.1) is 6.61 Å². The van der Waals surface area contributed by atoms with Crippen LogP contribution in [0.4, 0.5) is 5.69 Å². The molecule has 0 saturated carbocycles. The molecule has 0 spiro atoms. The number of rotatable bonds is 4. The van der Waals surface area contributed by atoms with Gasteiger partial charge < -0.3 is 15.0 Å². The second kappa shape index (κ2) is 6.03. The third-order valence-corrected chi connectivity index (χ3v) is 2.98. The van der Waals surface area contributed by atoms with Crippen LogP contribution in [-0.4, -0.2) is 38.3 Å². The lowest BCUT2D eigenvalue weighted by atomic mass is 10.1. The van der Waals surface area contributed by atoms with Crippen molar-refractivity contribution in [2.45, 2.75) is 25.4 Å². The summed E-state index contributed by atoms with van der Waals surface area (Å²) in [6.07, 6.45) is 2.37. The Morgan fingerprint density at radius 1 is 1.29 bits per heavy atom. The molecule has 2 rings (SSSR count). The molecule has 0 radical (unpaired) electrons. The van der Waals surface area contributed by atoms with Gasteiger partial charge in [0.1, 0.15) is 0 Å². The number of hydrogen-bond donors (Lipinski definition) is 1. The molecule has 1 N–H and O–H groups in total. The molecule has 0 amide bonds. The molecule has 1 saturated heterocycles. The zero-order valence-corrected chi connectivity index (χ0v) is 10.8. The first-order chi connectivity index (χ1) is 8.24. The monoisotopic (exact) mass is 234 g/mol. The molecule has 1 heterocycles. The molecule has 1 fully saturated rings. The number of nitrogens with zero attached hydrogens (tertiary/aromatic N) is 1. The van der Waals surface area contributed by atoms with Crippen LogP contribution in [0.5, 0.6) is 0 Å². The van der Waals surface area contributed by atoms with E-state index in [0.717, 1.165) is 26.2 Å². The highest BCUT2D eigenvalue weighted by Gasteiger charge is 2.12. The summed E-state index contributed by atoms with van der Waals surface area (Å²) in [5.74, 6) is 0. The molecule has 0 bridgehead atoms. The van der Waals surface area contributed by atoms with Gasteiger partial charge in [-0.1, -0.05) is 12.1 Å². The van der Waals surface area contributed by atoms with Crippen LogP contribution in [0, 0.1) is 0 Å². The summed E-state index contributed by atoms with van der Waals surface area (Å²) in [6, 6.07) is 9.17. The lowest BCUT2D eigenvalue weighted by molar-refractivity contribution is 0.0876. The number of nitrogens with one attached hydrogen (secondary N) is 1. The minimum atomic E-state index is 0.475. The van der Waals surface area contributed by atoms with Crippen LogP contribution in [0.15, 0.2) is 24.3 Å². The van der Waals surface area contributed by atoms with Gasteiger partial charge in [-0.25, -0.2) is 0 Å². The van der Waals surface area contributed by atoms with Gasteiger partial charge in [0.15, 0.2) is 0 Å². The highest BCUT2D eigenvalue weighted by Crippen LogP contribution is 2.15. The molecule has 3 heteroatoms. The van der Waals surface area contributed by atoms with Gasteiger partial charge in [0.25, 0.3) is 0 Å². The Balaban J connectivity index is 1.88. The van der Waals surface area contributed by atoms with Gasteiger partial charge >= 0.3 is 0 Å². The largest absolute Gasteiger partial charge is 0.380 e. The summed E-state index contributed by atoms with van der Waals surface area (Å²) < 4.78 is 5.46. The Kier molecular flexibility index (Phi) is 4.40. The third kappa shape index (κ3) is 4.02. The van der Waals surface area contributed by atoms with Crippen molar-refractivity contribution in [1.29, 1.82) is 0 Å². The SMILES string of the molecule is CN(C)Cc1ccc(NC2CCCOC2)cc1. The molecule has 17 heavy (non-hydrogen) atoms. The first-order valence-electron chi connectivity index (χ1n) is 6.32. The van der Waals surface area contributed by atoms with E-state index in [0.29, 0.717) is 6.04 Å². The maximum absolute atomic E-state index is 5.46. The normalized spacial score (nSPS) is 20.5. The van der Waals surface area contributed by atoms with Gasteiger partial charge in [0, 0.05) is 24.9 Å². The van der Waals surface area contributed by atoms with Gasteiger partial charge in [0.2, 0.25) is 0 Å². The summed E-state index contributed by atoms with van der Waals surface area (Å²) in [6.45, 7) is 2.74. The van der Waals surface area contributed by atoms with Crippen molar-refractivity contribution in [3.05, 3.63) is 29.8 Å². The van der Waals surface area contributed by atoms with E-state index < -0.39 is 0 Å². The number of benzene rings is 1. The van der Waals surface area contributed by atoms with Crippen molar-refractivity contribution >= 4 is 5.69 Å². The van der Waals surface area contributed by atoms with E-state index in [9.17, 15) is 0 Å². The van der Waals surface area contributed by atoms with Crippen molar-refractivity contribution < 1.29 is 4.74 Å². The number of anilines is 1. The molecular weight excluding hydrogens is 212 g/mol. The number of ether oxygens (including phenoxy) is 1. The first kappa shape index (κ1) is 12.4. The molecule has 0 aromatic heterocycles. The molecular formula is C14H22N2O. The standard InChI is InChI=1S/C14H22N2O/c1-16(2)10-12-5-7-13(8-6-12)15-14-4-3-9-17-11-14/h5-8,14-15H,3-4,9-11H2,1-2H3. The average molecular weight is 234 g/mol. The first-order valence-corrected chi connectivity index (χ1v) is 6.32. The summed E-state index contributed by atoms with van der Waals surface area (Å²) in [5.41, 5.74) is 2.54. The lowest BCUT2D eigenvalue weighted by Crippen LogP contribution is -2.29. The summed E-state index contributed by atoms with van der Waals surface area (Å²) in [5, 5.41) is 3.52. The van der Waals surface area contributed by atoms with Crippen LogP contribution in [0.1, 0.15) is 18.4 Å². The van der Waals surface area contributed by atoms with E-state index in [-0.39, 0.29) is 0 Å². The van der Waals surface area contributed by atoms with Gasteiger partial charge in [-0.2, -0.15) is 0 Å². The van der Waals surface area contributed by atoms with Crippen LogP contribution in [0.25, 0.3) is 0 Å². The minimum Gasteiger partial charge on any atom is -0.380 e. The summed E-state index contributed by atoms with van der Waals surface area (Å²) >= 11 is 0. The van der Waals surface area contributed by atoms with E-state index in [1.54, 1.807) is 0 Å². The molecule has 1 atom stereocenters. The topological polar surface area (TPSA) is 24.5 Å². The van der Waals surface area contributed by atoms with Crippen molar-refractivity contribution in [3.8, 4) is 0 Å². The second-order valence-electron chi connectivity index (χ2n) is 4.99. The Labute approximate surface area is 104 Å². The third-order valence-electron chi connectivity index (χ3n) is 2.98. The quantitative estimate of drug-likeness (QED) is 0.865. The summed E-state index contributed by atoms with van der Waals surface area (Å²) in [4.78, 5) is 2.18. The zero-order chi connectivity index (χ0) is 12.1. The Morgan fingerprint density at radius 2 is 2.06 bits per heavy atom. The summed E-state index contributed by atoms with van der Waals surface area (Å²) in [7, 11) is 4.18. The molecule has 1 aliphatic heterocycles. The lowest BCUT2D eigenvalue weighted by Gasteiger charge is -2.24. The van der Waals surface area contributed by atoms with Gasteiger partial charge in [-0.05, 0) is 44.6 Å². The highest BCUT2D eigenvalue weighted by molar-refractivity contribution is 5.45. The highest BCUT2D eigenvalue weighted by atomic mass is 16.5. The van der Waals surface area contributed by atoms with E-state index in [4.69, 9.17) is 4.74 Å². The predicted molar refractivity (Wildman–Crippen MR) is 71.3 cm³/mol. The predicted octanol–water partition coefficient (Wildman–Crippen LogP) is 2.34. The van der Waals surface area contributed by atoms with Crippen molar-refractivity contribution in [1.82, 2.24) is 4.90 Å². The Hall–Kier alpha value is -1.06. The second-order valence-corrected chi connectivity index (χ2v) is 4.99. The smallest absolute Gasteiger partial charge is 0.0667 e. The van der Waals surface area contributed by atoms with E-state index >= 15 is 0 Å². The van der Waals surface area contributed by atoms with Crippen LogP contribution in [-0.2, 0) is 11.3 Å². The fourth-order valence-electron chi connectivity index (χ4n) is 2.16. The van der Waals surface area contributed by atoms with Crippen molar-refractivity contribution in [2.24, 2.45) is 0 Å². The van der Waals surface area contributed by atoms with Gasteiger partial charge in [-0.3, -0.25) is 0 Å². The molecule has 1 aromatic carbocycles. The van der Waals surface area contributed by atoms with Crippen LogP contribution in [0.3, 0.4) is 0 Å². The Bertz CT molecular complexity index is 329. The van der Waals surface area contributed by atoms with Crippen LogP contribution >= 0.6 is 0 Å². The molecule has 1 aromatic rings. The fourth-order valence-corrected chi connectivity index (χ4v) is 2.16. The average Bonchev–Trinajstić information content (AvgIpc) is 2.32. The zero-order valence-electron chi connectivity index (χ0n) is 10.8. The Morgan fingerprint density at radius 3 is 2.65 bits per heavy atom. The van der Waals surface area contributed by atoms with E-state index in [2.05, 4.69) is 48.6 Å². The minimum absolute atomic E-state index is 0.475. The maximum Gasteiger partial charge on any atom is 0.0667 e. The molecule has 0 aliphatic carbocycles. The molecule has 94 valence electrons. The van der Waals surface area contributed by atoms with Crippen LogP contribution in [0.2, 0.25) is 0 Å². The molecule has 3 nitrogen and oxygen atoms in total. The van der Waals surface area contributed by atoms with Crippen molar-refractivity contribution in [3.63, 3.8) is 0 Å². The number of hydrogen-bond acceptors (Lipinski definition) is 3. The van der Waals surface area contributed by atoms with E-state index in [1.165, 1.54) is 17.7 Å². The van der Waals surface area contributed by atoms with Crippen LogP contribution < -0.4 is 5.32 Å². The van der Waals surface area contributed by atoms with Gasteiger partial charge in [-0.15, -0.1) is 0 Å². The molecule has 1 aliphatic rings. The fraction of sp³-hybridized carbons (Fsp3) is 0.571. The van der Waals surface area contributed by atoms with E-state index in [1.807, 2.05) is 0 Å². The van der Waals surface area contributed by atoms with Crippen molar-refractivity contribution in [2.75, 3.05) is 32.6 Å². The molecule has 1 unspecified atom stereocenters.